The van der Waals surface area contributed by atoms with E-state index in [0.29, 0.717) is 39.8 Å². The Morgan fingerprint density at radius 3 is 2.63 bits per heavy atom. The zero-order chi connectivity index (χ0) is 21.0. The van der Waals surface area contributed by atoms with Crippen LogP contribution in [0, 0.1) is 6.92 Å². The maximum Gasteiger partial charge on any atom is 0.331 e. The fraction of sp³-hybridized carbons (Fsp3) is 0.350. The van der Waals surface area contributed by atoms with Gasteiger partial charge in [-0.3, -0.25) is 14.6 Å². The van der Waals surface area contributed by atoms with Crippen LogP contribution in [0.1, 0.15) is 35.8 Å². The molecular weight excluding hydrogens is 408 g/mol. The second-order valence-electron chi connectivity index (χ2n) is 7.58. The number of fused-ring (bicyclic) bond motifs is 1. The number of hydrogen-bond donors (Lipinski definition) is 0. The molecule has 154 valence electrons. The van der Waals surface area contributed by atoms with Crippen molar-refractivity contribution in [3.05, 3.63) is 46.8 Å². The molecule has 0 unspecified atom stereocenters. The summed E-state index contributed by atoms with van der Waals surface area (Å²) in [4.78, 5) is 40.1. The minimum atomic E-state index is -0.346. The number of urea groups is 1. The molecule has 2 fully saturated rings. The summed E-state index contributed by atoms with van der Waals surface area (Å²) in [6.45, 7) is 1.93. The van der Waals surface area contributed by atoms with Crippen molar-refractivity contribution in [3.63, 3.8) is 0 Å². The Bertz CT molecular complexity index is 1170. The first kappa shape index (κ1) is 18.8. The van der Waals surface area contributed by atoms with Gasteiger partial charge in [0.25, 0.3) is 0 Å². The summed E-state index contributed by atoms with van der Waals surface area (Å²) >= 11 is 5.96. The van der Waals surface area contributed by atoms with Crippen LogP contribution in [0.4, 0.5) is 10.5 Å². The van der Waals surface area contributed by atoms with Crippen LogP contribution in [-0.2, 0) is 11.4 Å². The lowest BCUT2D eigenvalue weighted by molar-refractivity contribution is -0.123. The second-order valence-corrected chi connectivity index (χ2v) is 7.97. The Balaban J connectivity index is 1.50. The van der Waals surface area contributed by atoms with Gasteiger partial charge in [0.05, 0.1) is 11.4 Å². The molecule has 2 aliphatic rings. The number of carbonyl (C=O) groups is 2. The minimum absolute atomic E-state index is 0.0104. The van der Waals surface area contributed by atoms with Crippen LogP contribution < -0.4 is 9.64 Å². The number of rotatable bonds is 5. The highest BCUT2D eigenvalue weighted by Gasteiger charge is 2.36. The first-order valence-corrected chi connectivity index (χ1v) is 10.0. The van der Waals surface area contributed by atoms with Crippen LogP contribution in [0.15, 0.2) is 24.5 Å². The molecule has 3 amide bonds. The number of imidazole rings is 1. The number of hydrogen-bond acceptors (Lipinski definition) is 6. The molecule has 1 aliphatic carbocycles. The zero-order valence-corrected chi connectivity index (χ0v) is 17.3. The van der Waals surface area contributed by atoms with Crippen molar-refractivity contribution in [1.29, 1.82) is 0 Å². The molecule has 0 atom stereocenters. The SMILES string of the molecule is Cc1nc(Cl)cc(OCc2cn3cc(C4CC4)cc(N4CC(=O)N(C)C4=O)c3n2)n1. The van der Waals surface area contributed by atoms with E-state index in [4.69, 9.17) is 16.3 Å². The lowest BCUT2D eigenvalue weighted by atomic mass is 10.1. The summed E-state index contributed by atoms with van der Waals surface area (Å²) in [5, 5.41) is 0.310. The number of aryl methyl sites for hydroxylation is 1. The molecule has 5 rings (SSSR count). The molecule has 0 bridgehead atoms. The number of amides is 3. The topological polar surface area (TPSA) is 92.9 Å². The lowest BCUT2D eigenvalue weighted by Crippen LogP contribution is -2.30. The predicted octanol–water partition coefficient (Wildman–Crippen LogP) is 2.94. The molecule has 3 aromatic heterocycles. The van der Waals surface area contributed by atoms with Crippen molar-refractivity contribution < 1.29 is 14.3 Å². The molecule has 0 radical (unpaired) electrons. The molecule has 3 aromatic rings. The van der Waals surface area contributed by atoms with Crippen LogP contribution in [0.3, 0.4) is 0 Å². The summed E-state index contributed by atoms with van der Waals surface area (Å²) in [7, 11) is 1.49. The van der Waals surface area contributed by atoms with Gasteiger partial charge in [-0.25, -0.2) is 14.8 Å². The highest BCUT2D eigenvalue weighted by atomic mass is 35.5. The molecule has 0 aromatic carbocycles. The largest absolute Gasteiger partial charge is 0.471 e. The number of imide groups is 1. The molecule has 1 aliphatic heterocycles. The van der Waals surface area contributed by atoms with Gasteiger partial charge in [0.2, 0.25) is 11.8 Å². The number of aromatic nitrogens is 4. The van der Waals surface area contributed by atoms with Crippen molar-refractivity contribution in [2.75, 3.05) is 18.5 Å². The summed E-state index contributed by atoms with van der Waals surface area (Å²) < 4.78 is 7.64. The second kappa shape index (κ2) is 6.94. The Morgan fingerprint density at radius 1 is 1.17 bits per heavy atom. The van der Waals surface area contributed by atoms with Crippen molar-refractivity contribution >= 4 is 34.9 Å². The quantitative estimate of drug-likeness (QED) is 0.460. The van der Waals surface area contributed by atoms with Gasteiger partial charge in [0.15, 0.2) is 5.65 Å². The Hall–Kier alpha value is -3.20. The van der Waals surface area contributed by atoms with E-state index in [0.717, 1.165) is 23.3 Å². The molecule has 1 saturated carbocycles. The van der Waals surface area contributed by atoms with Gasteiger partial charge >= 0.3 is 6.03 Å². The third kappa shape index (κ3) is 3.35. The summed E-state index contributed by atoms with van der Waals surface area (Å²) in [5.74, 6) is 1.13. The molecule has 10 heteroatoms. The van der Waals surface area contributed by atoms with Gasteiger partial charge in [-0.05, 0) is 37.3 Å². The molecule has 1 saturated heterocycles. The fourth-order valence-electron chi connectivity index (χ4n) is 3.57. The van der Waals surface area contributed by atoms with Crippen LogP contribution in [0.5, 0.6) is 5.88 Å². The van der Waals surface area contributed by atoms with Crippen LogP contribution in [0.2, 0.25) is 5.15 Å². The number of carbonyl (C=O) groups excluding carboxylic acids is 2. The Morgan fingerprint density at radius 2 is 1.97 bits per heavy atom. The van der Waals surface area contributed by atoms with E-state index in [1.54, 1.807) is 13.0 Å². The van der Waals surface area contributed by atoms with Gasteiger partial charge in [-0.2, -0.15) is 4.98 Å². The average molecular weight is 427 g/mol. The Labute approximate surface area is 177 Å². The highest BCUT2D eigenvalue weighted by Crippen LogP contribution is 2.42. The normalized spacial score (nSPS) is 16.8. The number of nitrogens with zero attached hydrogens (tertiary/aromatic N) is 6. The molecule has 9 nitrogen and oxygen atoms in total. The first-order chi connectivity index (χ1) is 14.4. The lowest BCUT2D eigenvalue weighted by Gasteiger charge is -2.17. The molecule has 4 heterocycles. The van der Waals surface area contributed by atoms with Crippen molar-refractivity contribution in [3.8, 4) is 5.88 Å². The predicted molar refractivity (Wildman–Crippen MR) is 109 cm³/mol. The summed E-state index contributed by atoms with van der Waals surface area (Å²) in [6.07, 6.45) is 6.14. The molecule has 30 heavy (non-hydrogen) atoms. The third-order valence-electron chi connectivity index (χ3n) is 5.28. The van der Waals surface area contributed by atoms with E-state index in [1.807, 2.05) is 22.9 Å². The van der Waals surface area contributed by atoms with Crippen LogP contribution in [0.25, 0.3) is 5.65 Å². The highest BCUT2D eigenvalue weighted by molar-refractivity contribution is 6.29. The standard InChI is InChI=1S/C20H19ClN6O3/c1-11-22-16(21)6-17(23-11)30-10-14-8-26-7-13(12-3-4-12)5-15(19(26)24-14)27-9-18(28)25(2)20(27)29/h5-8,12H,3-4,9-10H2,1-2H3. The van der Waals surface area contributed by atoms with Crippen LogP contribution in [-0.4, -0.2) is 49.8 Å². The molecule has 0 spiro atoms. The summed E-state index contributed by atoms with van der Waals surface area (Å²) in [5.41, 5.74) is 3.04. The first-order valence-electron chi connectivity index (χ1n) is 9.62. The Kier molecular flexibility index (Phi) is 4.35. The van der Waals surface area contributed by atoms with E-state index >= 15 is 0 Å². The van der Waals surface area contributed by atoms with Gasteiger partial charge in [0.1, 0.15) is 24.1 Å². The van der Waals surface area contributed by atoms with E-state index in [9.17, 15) is 9.59 Å². The monoisotopic (exact) mass is 426 g/mol. The van der Waals surface area contributed by atoms with E-state index < -0.39 is 0 Å². The zero-order valence-electron chi connectivity index (χ0n) is 16.5. The maximum atomic E-state index is 12.6. The minimum Gasteiger partial charge on any atom is -0.471 e. The van der Waals surface area contributed by atoms with Gasteiger partial charge in [-0.1, -0.05) is 11.6 Å². The third-order valence-corrected chi connectivity index (χ3v) is 5.47. The number of likely N-dealkylation sites (N-methyl/N-ethyl adjacent to an activating group) is 1. The fourth-order valence-corrected chi connectivity index (χ4v) is 3.79. The van der Waals surface area contributed by atoms with Crippen LogP contribution >= 0.6 is 11.6 Å². The average Bonchev–Trinajstić information content (AvgIpc) is 3.42. The van der Waals surface area contributed by atoms with E-state index in [-0.39, 0.29) is 25.1 Å². The molecule has 0 N–H and O–H groups in total. The van der Waals surface area contributed by atoms with Crippen molar-refractivity contribution in [2.45, 2.75) is 32.3 Å². The van der Waals surface area contributed by atoms with Crippen molar-refractivity contribution in [1.82, 2.24) is 24.3 Å². The molecular formula is C20H19ClN6O3. The summed E-state index contributed by atoms with van der Waals surface area (Å²) in [6, 6.07) is 3.18. The number of ether oxygens (including phenoxy) is 1. The van der Waals surface area contributed by atoms with Gasteiger partial charge in [0, 0.05) is 25.5 Å². The van der Waals surface area contributed by atoms with Gasteiger partial charge < -0.3 is 9.14 Å². The van der Waals surface area contributed by atoms with Crippen molar-refractivity contribution in [2.24, 2.45) is 0 Å². The van der Waals surface area contributed by atoms with E-state index in [1.165, 1.54) is 11.9 Å². The number of anilines is 1. The maximum absolute atomic E-state index is 12.6. The van der Waals surface area contributed by atoms with Gasteiger partial charge in [-0.15, -0.1) is 0 Å². The van der Waals surface area contributed by atoms with E-state index in [2.05, 4.69) is 15.0 Å². The number of pyridine rings is 1. The number of halogens is 1. The smallest absolute Gasteiger partial charge is 0.331 e.